The molecule has 0 unspecified atom stereocenters. The van der Waals surface area contributed by atoms with Crippen molar-refractivity contribution in [3.8, 4) is 5.69 Å². The van der Waals surface area contributed by atoms with Crippen LogP contribution in [0.1, 0.15) is 0 Å². The molecule has 0 spiro atoms. The average molecular weight is 569 g/mol. The van der Waals surface area contributed by atoms with Crippen LogP contribution in [0.25, 0.3) is 58.4 Å². The highest BCUT2D eigenvalue weighted by Crippen LogP contribution is 2.42. The number of hydrogen-bond donors (Lipinski definition) is 0. The van der Waals surface area contributed by atoms with Gasteiger partial charge in [0.25, 0.3) is 0 Å². The van der Waals surface area contributed by atoms with Crippen molar-refractivity contribution in [1.82, 2.24) is 15.0 Å². The van der Waals surface area contributed by atoms with Crippen LogP contribution >= 0.6 is 11.3 Å². The molecule has 0 aliphatic rings. The summed E-state index contributed by atoms with van der Waals surface area (Å²) in [5, 5.41) is 17.0. The lowest BCUT2D eigenvalue weighted by Crippen LogP contribution is -2.09. The van der Waals surface area contributed by atoms with Gasteiger partial charge in [0.15, 0.2) is 0 Å². The molecule has 0 aliphatic heterocycles. The van der Waals surface area contributed by atoms with Gasteiger partial charge in [0, 0.05) is 42.6 Å². The molecule has 4 nitrogen and oxygen atoms in total. The Hall–Kier alpha value is -5.52. The molecular formula is C38H24N4S. The fourth-order valence-electron chi connectivity index (χ4n) is 6.21. The summed E-state index contributed by atoms with van der Waals surface area (Å²) in [6.45, 7) is 0. The third kappa shape index (κ3) is 3.90. The summed E-state index contributed by atoms with van der Waals surface area (Å²) in [5.74, 6) is 0. The van der Waals surface area contributed by atoms with Gasteiger partial charge in [0.1, 0.15) is 11.0 Å². The van der Waals surface area contributed by atoms with Crippen molar-refractivity contribution >= 4 is 81.1 Å². The minimum atomic E-state index is 0.885. The lowest BCUT2D eigenvalue weighted by atomic mass is 10.00. The Morgan fingerprint density at radius 1 is 0.488 bits per heavy atom. The number of fused-ring (bicyclic) bond motifs is 8. The van der Waals surface area contributed by atoms with E-state index in [2.05, 4.69) is 120 Å². The number of thiophene rings is 1. The summed E-state index contributed by atoms with van der Waals surface area (Å²) in [5.41, 5.74) is 6.11. The molecule has 0 fully saturated rings. The highest BCUT2D eigenvalue weighted by Gasteiger charge is 2.17. The van der Waals surface area contributed by atoms with Gasteiger partial charge in [-0.2, -0.15) is 4.80 Å². The van der Waals surface area contributed by atoms with Gasteiger partial charge in [0.05, 0.1) is 5.69 Å². The van der Waals surface area contributed by atoms with E-state index in [0.717, 1.165) is 49.9 Å². The standard InChI is InChI=1S/C38H24N4S/c1-3-9-27(10-4-1)41(30-19-21-33-32-13-7-8-14-35(32)43-36(33)24-30)29-18-20-31-26(23-29)16-15-25-17-22-34-38(37(25)31)40-42(39-34)28-11-5-2-6-12-28/h1-24H. The molecule has 2 aromatic heterocycles. The van der Waals surface area contributed by atoms with Gasteiger partial charge in [-0.1, -0.05) is 84.9 Å². The van der Waals surface area contributed by atoms with Gasteiger partial charge in [-0.15, -0.1) is 21.5 Å². The van der Waals surface area contributed by atoms with Crippen molar-refractivity contribution < 1.29 is 0 Å². The van der Waals surface area contributed by atoms with Crippen LogP contribution < -0.4 is 4.90 Å². The summed E-state index contributed by atoms with van der Waals surface area (Å²) in [6.07, 6.45) is 0. The Labute approximate surface area is 251 Å². The summed E-state index contributed by atoms with van der Waals surface area (Å²) in [6, 6.07) is 51.5. The van der Waals surface area contributed by atoms with Crippen LogP contribution in [0.15, 0.2) is 146 Å². The second-order valence-electron chi connectivity index (χ2n) is 10.8. The Kier molecular flexibility index (Phi) is 5.33. The first-order chi connectivity index (χ1) is 21.3. The van der Waals surface area contributed by atoms with Crippen molar-refractivity contribution in [3.63, 3.8) is 0 Å². The zero-order valence-electron chi connectivity index (χ0n) is 23.1. The SMILES string of the molecule is c1ccc(N(c2ccc3c(ccc4ccc5nn(-c6ccccc6)nc5c43)c2)c2ccc3c(c2)sc2ccccc23)cc1. The molecule has 0 bridgehead atoms. The molecule has 2 heterocycles. The van der Waals surface area contributed by atoms with Gasteiger partial charge < -0.3 is 4.90 Å². The first-order valence-corrected chi connectivity index (χ1v) is 15.2. The van der Waals surface area contributed by atoms with Gasteiger partial charge in [-0.3, -0.25) is 0 Å². The summed E-state index contributed by atoms with van der Waals surface area (Å²) >= 11 is 1.85. The van der Waals surface area contributed by atoms with Crippen molar-refractivity contribution in [1.29, 1.82) is 0 Å². The van der Waals surface area contributed by atoms with E-state index in [-0.39, 0.29) is 0 Å². The largest absolute Gasteiger partial charge is 0.310 e. The molecule has 9 rings (SSSR count). The monoisotopic (exact) mass is 568 g/mol. The zero-order valence-corrected chi connectivity index (χ0v) is 23.9. The lowest BCUT2D eigenvalue weighted by molar-refractivity contribution is 0.766. The van der Waals surface area contributed by atoms with E-state index >= 15 is 0 Å². The number of hydrogen-bond acceptors (Lipinski definition) is 4. The van der Waals surface area contributed by atoms with Crippen LogP contribution in [0.2, 0.25) is 0 Å². The minimum Gasteiger partial charge on any atom is -0.310 e. The number of rotatable bonds is 4. The maximum Gasteiger partial charge on any atom is 0.122 e. The van der Waals surface area contributed by atoms with Crippen LogP contribution in [0.5, 0.6) is 0 Å². The van der Waals surface area contributed by atoms with E-state index in [1.807, 2.05) is 41.7 Å². The van der Waals surface area contributed by atoms with E-state index in [1.165, 1.54) is 25.6 Å². The number of benzene rings is 7. The van der Waals surface area contributed by atoms with Crippen LogP contribution in [-0.4, -0.2) is 15.0 Å². The first kappa shape index (κ1) is 24.1. The van der Waals surface area contributed by atoms with Crippen molar-refractivity contribution in [3.05, 3.63) is 146 Å². The van der Waals surface area contributed by atoms with Crippen molar-refractivity contribution in [2.24, 2.45) is 0 Å². The summed E-state index contributed by atoms with van der Waals surface area (Å²) in [7, 11) is 0. The molecule has 0 radical (unpaired) electrons. The van der Waals surface area contributed by atoms with E-state index in [9.17, 15) is 0 Å². The Bertz CT molecular complexity index is 2460. The van der Waals surface area contributed by atoms with Crippen LogP contribution in [0, 0.1) is 0 Å². The average Bonchev–Trinajstić information content (AvgIpc) is 3.67. The number of anilines is 3. The van der Waals surface area contributed by atoms with Gasteiger partial charge >= 0.3 is 0 Å². The minimum absolute atomic E-state index is 0.885. The van der Waals surface area contributed by atoms with E-state index in [0.29, 0.717) is 0 Å². The second kappa shape index (κ2) is 9.51. The Balaban J connectivity index is 1.23. The molecule has 0 saturated heterocycles. The molecule has 5 heteroatoms. The quantitative estimate of drug-likeness (QED) is 0.198. The third-order valence-electron chi connectivity index (χ3n) is 8.21. The van der Waals surface area contributed by atoms with Gasteiger partial charge in [0.2, 0.25) is 0 Å². The lowest BCUT2D eigenvalue weighted by Gasteiger charge is -2.26. The smallest absolute Gasteiger partial charge is 0.122 e. The Morgan fingerprint density at radius 2 is 1.16 bits per heavy atom. The number of nitrogens with zero attached hydrogens (tertiary/aromatic N) is 4. The predicted molar refractivity (Wildman–Crippen MR) is 181 cm³/mol. The van der Waals surface area contributed by atoms with Crippen LogP contribution in [0.3, 0.4) is 0 Å². The maximum absolute atomic E-state index is 4.96. The zero-order chi connectivity index (χ0) is 28.3. The fraction of sp³-hybridized carbons (Fsp3) is 0. The van der Waals surface area contributed by atoms with Crippen LogP contribution in [-0.2, 0) is 0 Å². The maximum atomic E-state index is 4.96. The van der Waals surface area contributed by atoms with Crippen molar-refractivity contribution in [2.75, 3.05) is 4.90 Å². The first-order valence-electron chi connectivity index (χ1n) is 14.3. The van der Waals surface area contributed by atoms with Crippen molar-refractivity contribution in [2.45, 2.75) is 0 Å². The normalized spacial score (nSPS) is 11.7. The van der Waals surface area contributed by atoms with Crippen LogP contribution in [0.4, 0.5) is 17.1 Å². The third-order valence-corrected chi connectivity index (χ3v) is 9.35. The molecule has 202 valence electrons. The number of para-hydroxylation sites is 2. The predicted octanol–water partition coefficient (Wildman–Crippen LogP) is 10.6. The summed E-state index contributed by atoms with van der Waals surface area (Å²) < 4.78 is 2.60. The molecule has 43 heavy (non-hydrogen) atoms. The summed E-state index contributed by atoms with van der Waals surface area (Å²) in [4.78, 5) is 4.08. The van der Waals surface area contributed by atoms with Gasteiger partial charge in [-0.05, 0) is 76.8 Å². The van der Waals surface area contributed by atoms with E-state index in [4.69, 9.17) is 10.2 Å². The second-order valence-corrected chi connectivity index (χ2v) is 11.9. The molecule has 0 amide bonds. The highest BCUT2D eigenvalue weighted by atomic mass is 32.1. The number of aromatic nitrogens is 3. The molecular weight excluding hydrogens is 545 g/mol. The molecule has 0 saturated carbocycles. The molecule has 0 aliphatic carbocycles. The van der Waals surface area contributed by atoms with E-state index in [1.54, 1.807) is 4.80 Å². The fourth-order valence-corrected chi connectivity index (χ4v) is 7.35. The molecule has 0 atom stereocenters. The topological polar surface area (TPSA) is 34.0 Å². The van der Waals surface area contributed by atoms with Gasteiger partial charge in [-0.25, -0.2) is 0 Å². The van der Waals surface area contributed by atoms with E-state index < -0.39 is 0 Å². The molecule has 9 aromatic rings. The Morgan fingerprint density at radius 3 is 2.02 bits per heavy atom. The molecule has 0 N–H and O–H groups in total. The molecule has 7 aromatic carbocycles. The highest BCUT2D eigenvalue weighted by molar-refractivity contribution is 7.25.